The Labute approximate surface area is 109 Å². The molecule has 1 aliphatic heterocycles. The highest BCUT2D eigenvalue weighted by molar-refractivity contribution is 5.98. The molecule has 0 saturated carbocycles. The highest BCUT2D eigenvalue weighted by atomic mass is 16.5. The number of nitrogen functional groups attached to an aromatic ring is 1. The second kappa shape index (κ2) is 5.15. The van der Waals surface area contributed by atoms with Crippen LogP contribution in [-0.2, 0) is 9.59 Å². The summed E-state index contributed by atoms with van der Waals surface area (Å²) in [4.78, 5) is 23.6. The first-order valence-corrected chi connectivity index (χ1v) is 5.70. The minimum atomic E-state index is -1.14. The molecule has 0 fully saturated rings. The molecule has 0 spiro atoms. The molecule has 19 heavy (non-hydrogen) atoms. The van der Waals surface area contributed by atoms with Crippen molar-refractivity contribution in [2.75, 3.05) is 23.8 Å². The van der Waals surface area contributed by atoms with Crippen LogP contribution in [0.4, 0.5) is 11.4 Å². The number of carboxylic acids is 1. The van der Waals surface area contributed by atoms with Crippen molar-refractivity contribution < 1.29 is 24.5 Å². The zero-order valence-electron chi connectivity index (χ0n) is 10.1. The number of fused-ring (bicyclic) bond motifs is 1. The predicted octanol–water partition coefficient (Wildman–Crippen LogP) is -0.170. The molecule has 7 nitrogen and oxygen atoms in total. The van der Waals surface area contributed by atoms with Gasteiger partial charge in [0.2, 0.25) is 0 Å². The van der Waals surface area contributed by atoms with Gasteiger partial charge >= 0.3 is 5.97 Å². The van der Waals surface area contributed by atoms with Crippen molar-refractivity contribution in [1.82, 2.24) is 0 Å². The van der Waals surface area contributed by atoms with Crippen LogP contribution in [0, 0.1) is 0 Å². The zero-order chi connectivity index (χ0) is 14.0. The minimum absolute atomic E-state index is 0.106. The molecule has 1 heterocycles. The Balaban J connectivity index is 2.22. The molecule has 1 unspecified atom stereocenters. The molecule has 2 rings (SSSR count). The van der Waals surface area contributed by atoms with Gasteiger partial charge < -0.3 is 25.6 Å². The zero-order valence-corrected chi connectivity index (χ0v) is 10.1. The maximum absolute atomic E-state index is 11.8. The Morgan fingerprint density at radius 2 is 2.26 bits per heavy atom. The van der Waals surface area contributed by atoms with Crippen LogP contribution in [0.25, 0.3) is 0 Å². The highest BCUT2D eigenvalue weighted by Crippen LogP contribution is 2.33. The van der Waals surface area contributed by atoms with Gasteiger partial charge in [0, 0.05) is 5.69 Å². The fourth-order valence-corrected chi connectivity index (χ4v) is 1.90. The fourth-order valence-electron chi connectivity index (χ4n) is 1.90. The number of hydrogen-bond donors (Lipinski definition) is 3. The molecule has 1 aromatic carbocycles. The third-order valence-electron chi connectivity index (χ3n) is 2.73. The number of carboxylic acid groups (broad SMARTS) is 1. The molecule has 1 amide bonds. The van der Waals surface area contributed by atoms with E-state index in [1.165, 1.54) is 4.90 Å². The largest absolute Gasteiger partial charge is 0.482 e. The van der Waals surface area contributed by atoms with Gasteiger partial charge in [0.1, 0.15) is 5.75 Å². The van der Waals surface area contributed by atoms with Gasteiger partial charge in [-0.1, -0.05) is 0 Å². The average molecular weight is 266 g/mol. The summed E-state index contributed by atoms with van der Waals surface area (Å²) >= 11 is 0. The van der Waals surface area contributed by atoms with Crippen LogP contribution in [-0.4, -0.2) is 41.3 Å². The molecule has 1 aliphatic rings. The molecular formula is C12H14N2O5. The van der Waals surface area contributed by atoms with Crippen LogP contribution in [0.5, 0.6) is 5.75 Å². The molecule has 0 aliphatic carbocycles. The lowest BCUT2D eigenvalue weighted by molar-refractivity contribution is -0.139. The molecule has 7 heteroatoms. The van der Waals surface area contributed by atoms with Crippen molar-refractivity contribution in [3.05, 3.63) is 18.2 Å². The second-order valence-corrected chi connectivity index (χ2v) is 4.27. The van der Waals surface area contributed by atoms with E-state index in [4.69, 9.17) is 15.6 Å². The van der Waals surface area contributed by atoms with E-state index in [2.05, 4.69) is 0 Å². The number of hydrogen-bond acceptors (Lipinski definition) is 5. The molecular weight excluding hydrogens is 252 g/mol. The number of nitrogens with two attached hydrogens (primary N) is 1. The fraction of sp³-hybridized carbons (Fsp3) is 0.333. The number of nitrogens with zero attached hydrogens (tertiary/aromatic N) is 1. The van der Waals surface area contributed by atoms with Crippen LogP contribution in [0.3, 0.4) is 0 Å². The maximum atomic E-state index is 11.8. The molecule has 4 N–H and O–H groups in total. The molecule has 0 aromatic heterocycles. The van der Waals surface area contributed by atoms with Gasteiger partial charge in [0.25, 0.3) is 5.91 Å². The van der Waals surface area contributed by atoms with E-state index in [-0.39, 0.29) is 19.1 Å². The topological polar surface area (TPSA) is 113 Å². The van der Waals surface area contributed by atoms with Crippen LogP contribution in [0.15, 0.2) is 18.2 Å². The first kappa shape index (κ1) is 13.2. The molecule has 0 saturated heterocycles. The number of carbonyl (C=O) groups is 2. The van der Waals surface area contributed by atoms with Crippen LogP contribution in [0.2, 0.25) is 0 Å². The lowest BCUT2D eigenvalue weighted by atomic mass is 10.1. The minimum Gasteiger partial charge on any atom is -0.482 e. The number of aliphatic carboxylic acids is 1. The van der Waals surface area contributed by atoms with Crippen molar-refractivity contribution in [1.29, 1.82) is 0 Å². The summed E-state index contributed by atoms with van der Waals surface area (Å²) in [6.45, 7) is -0.248. The Hall–Kier alpha value is -2.28. The third-order valence-corrected chi connectivity index (χ3v) is 2.73. The van der Waals surface area contributed by atoms with Crippen molar-refractivity contribution >= 4 is 23.3 Å². The van der Waals surface area contributed by atoms with Crippen LogP contribution >= 0.6 is 0 Å². The molecule has 1 atom stereocenters. The number of aliphatic hydroxyl groups excluding tert-OH is 1. The molecule has 0 radical (unpaired) electrons. The molecule has 102 valence electrons. The quantitative estimate of drug-likeness (QED) is 0.652. The number of benzene rings is 1. The van der Waals surface area contributed by atoms with Crippen molar-refractivity contribution in [2.45, 2.75) is 12.5 Å². The SMILES string of the molecule is Nc1ccc2c(c1)N(CC(O)CC(=O)O)C(=O)CO2. The summed E-state index contributed by atoms with van der Waals surface area (Å²) in [5.41, 5.74) is 6.55. The first-order chi connectivity index (χ1) is 8.97. The van der Waals surface area contributed by atoms with Gasteiger partial charge in [-0.25, -0.2) is 0 Å². The van der Waals surface area contributed by atoms with Gasteiger partial charge in [0.05, 0.1) is 24.8 Å². The summed E-state index contributed by atoms with van der Waals surface area (Å²) in [6, 6.07) is 4.83. The standard InChI is InChI=1S/C12H14N2O5/c13-7-1-2-10-9(3-7)14(11(16)6-19-10)5-8(15)4-12(17)18/h1-3,8,15H,4-6,13H2,(H,17,18). The van der Waals surface area contributed by atoms with E-state index in [0.29, 0.717) is 17.1 Å². The highest BCUT2D eigenvalue weighted by Gasteiger charge is 2.28. The maximum Gasteiger partial charge on any atom is 0.306 e. The van der Waals surface area contributed by atoms with Gasteiger partial charge in [-0.3, -0.25) is 9.59 Å². The number of carbonyl (C=O) groups excluding carboxylic acids is 1. The number of amides is 1. The van der Waals surface area contributed by atoms with Crippen LogP contribution < -0.4 is 15.4 Å². The molecule has 1 aromatic rings. The van der Waals surface area contributed by atoms with Crippen molar-refractivity contribution in [3.8, 4) is 5.75 Å². The van der Waals surface area contributed by atoms with Crippen molar-refractivity contribution in [2.24, 2.45) is 0 Å². The van der Waals surface area contributed by atoms with E-state index >= 15 is 0 Å². The summed E-state index contributed by atoms with van der Waals surface area (Å²) in [5.74, 6) is -0.986. The van der Waals surface area contributed by atoms with E-state index < -0.39 is 18.5 Å². The van der Waals surface area contributed by atoms with Gasteiger partial charge in [-0.2, -0.15) is 0 Å². The van der Waals surface area contributed by atoms with Gasteiger partial charge in [-0.15, -0.1) is 0 Å². The number of β-amino-alcohol motifs (C(OH)–C–C–N with tert-alkyl or cyclic N) is 1. The number of rotatable bonds is 4. The van der Waals surface area contributed by atoms with Gasteiger partial charge in [0.15, 0.2) is 6.61 Å². The predicted molar refractivity (Wildman–Crippen MR) is 67.0 cm³/mol. The summed E-state index contributed by atoms with van der Waals surface area (Å²) in [6.07, 6.45) is -1.57. The smallest absolute Gasteiger partial charge is 0.306 e. The lowest BCUT2D eigenvalue weighted by Crippen LogP contribution is -2.43. The van der Waals surface area contributed by atoms with E-state index in [0.717, 1.165) is 0 Å². The Morgan fingerprint density at radius 3 is 2.95 bits per heavy atom. The molecule has 0 bridgehead atoms. The Bertz CT molecular complexity index is 517. The first-order valence-electron chi connectivity index (χ1n) is 5.70. The van der Waals surface area contributed by atoms with Crippen molar-refractivity contribution in [3.63, 3.8) is 0 Å². The summed E-state index contributed by atoms with van der Waals surface area (Å²) in [5, 5.41) is 18.2. The van der Waals surface area contributed by atoms with E-state index in [1.807, 2.05) is 0 Å². The number of ether oxygens (including phenoxy) is 1. The Morgan fingerprint density at radius 1 is 1.53 bits per heavy atom. The van der Waals surface area contributed by atoms with E-state index in [9.17, 15) is 14.7 Å². The van der Waals surface area contributed by atoms with E-state index in [1.54, 1.807) is 18.2 Å². The lowest BCUT2D eigenvalue weighted by Gasteiger charge is -2.30. The third kappa shape index (κ3) is 2.94. The normalized spacial score (nSPS) is 15.6. The second-order valence-electron chi connectivity index (χ2n) is 4.27. The number of anilines is 2. The monoisotopic (exact) mass is 266 g/mol. The van der Waals surface area contributed by atoms with Crippen LogP contribution in [0.1, 0.15) is 6.42 Å². The summed E-state index contributed by atoms with van der Waals surface area (Å²) in [7, 11) is 0. The summed E-state index contributed by atoms with van der Waals surface area (Å²) < 4.78 is 5.24. The average Bonchev–Trinajstić information content (AvgIpc) is 2.32. The number of aliphatic hydroxyl groups is 1. The Kier molecular flexibility index (Phi) is 3.57. The van der Waals surface area contributed by atoms with Gasteiger partial charge in [-0.05, 0) is 18.2 Å².